The minimum absolute atomic E-state index is 0.105. The minimum Gasteiger partial charge on any atom is -0.465 e. The third-order valence-corrected chi connectivity index (χ3v) is 5.06. The molecule has 1 saturated carbocycles. The molecule has 1 aliphatic heterocycles. The molecule has 2 aliphatic rings. The van der Waals surface area contributed by atoms with Gasteiger partial charge in [0.2, 0.25) is 0 Å². The van der Waals surface area contributed by atoms with E-state index in [2.05, 4.69) is 9.64 Å². The summed E-state index contributed by atoms with van der Waals surface area (Å²) in [7, 11) is 1.36. The number of methoxy groups -OCH3 is 1. The van der Waals surface area contributed by atoms with Crippen molar-refractivity contribution >= 4 is 11.9 Å². The number of piperidine rings is 1. The molecule has 2 fully saturated rings. The zero-order chi connectivity index (χ0) is 15.5. The van der Waals surface area contributed by atoms with Crippen molar-refractivity contribution < 1.29 is 14.3 Å². The fourth-order valence-electron chi connectivity index (χ4n) is 3.91. The van der Waals surface area contributed by atoms with Crippen LogP contribution in [-0.2, 0) is 4.74 Å². The standard InChI is InChI=1S/C18H23NO3/c1-22-18(21)15-10-8-14(9-11-15)17(20)19-12-4-6-13-5-2-3-7-16(13)19/h8-11,13,16H,2-7,12H2,1H3/t13-,16+/m1/s1. The van der Waals surface area contributed by atoms with Gasteiger partial charge in [-0.1, -0.05) is 12.8 Å². The number of likely N-dealkylation sites (tertiary alicyclic amines) is 1. The molecular weight excluding hydrogens is 278 g/mol. The monoisotopic (exact) mass is 301 g/mol. The van der Waals surface area contributed by atoms with Gasteiger partial charge in [0.15, 0.2) is 0 Å². The van der Waals surface area contributed by atoms with E-state index in [-0.39, 0.29) is 11.9 Å². The van der Waals surface area contributed by atoms with Crippen LogP contribution in [0.2, 0.25) is 0 Å². The van der Waals surface area contributed by atoms with Crippen LogP contribution in [0.1, 0.15) is 59.2 Å². The lowest BCUT2D eigenvalue weighted by Gasteiger charge is -2.44. The Kier molecular flexibility index (Phi) is 4.46. The van der Waals surface area contributed by atoms with E-state index in [1.165, 1.54) is 32.8 Å². The van der Waals surface area contributed by atoms with Gasteiger partial charge in [-0.15, -0.1) is 0 Å². The van der Waals surface area contributed by atoms with Gasteiger partial charge in [0.05, 0.1) is 12.7 Å². The average Bonchev–Trinajstić information content (AvgIpc) is 2.60. The summed E-state index contributed by atoms with van der Waals surface area (Å²) in [5, 5.41) is 0. The molecule has 3 rings (SSSR count). The lowest BCUT2D eigenvalue weighted by atomic mass is 9.78. The van der Waals surface area contributed by atoms with Gasteiger partial charge in [-0.25, -0.2) is 4.79 Å². The van der Waals surface area contributed by atoms with Crippen molar-refractivity contribution in [3.05, 3.63) is 35.4 Å². The summed E-state index contributed by atoms with van der Waals surface area (Å²) in [5.41, 5.74) is 1.15. The second kappa shape index (κ2) is 6.51. The van der Waals surface area contributed by atoms with Crippen molar-refractivity contribution in [1.82, 2.24) is 4.90 Å². The highest BCUT2D eigenvalue weighted by atomic mass is 16.5. The molecule has 2 atom stereocenters. The zero-order valence-electron chi connectivity index (χ0n) is 13.1. The van der Waals surface area contributed by atoms with Crippen molar-refractivity contribution in [2.75, 3.05) is 13.7 Å². The second-order valence-electron chi connectivity index (χ2n) is 6.32. The van der Waals surface area contributed by atoms with Crippen molar-refractivity contribution in [2.45, 2.75) is 44.6 Å². The summed E-state index contributed by atoms with van der Waals surface area (Å²) < 4.78 is 4.69. The van der Waals surface area contributed by atoms with E-state index < -0.39 is 0 Å². The topological polar surface area (TPSA) is 46.6 Å². The highest BCUT2D eigenvalue weighted by Gasteiger charge is 2.35. The SMILES string of the molecule is COC(=O)c1ccc(C(=O)N2CCC[C@H]3CCCC[C@@H]32)cc1. The number of nitrogens with zero attached hydrogens (tertiary/aromatic N) is 1. The molecule has 0 bridgehead atoms. The predicted octanol–water partition coefficient (Wildman–Crippen LogP) is 3.27. The first-order valence-electron chi connectivity index (χ1n) is 8.20. The van der Waals surface area contributed by atoms with Gasteiger partial charge >= 0.3 is 5.97 Å². The zero-order valence-corrected chi connectivity index (χ0v) is 13.1. The Morgan fingerprint density at radius 1 is 1.00 bits per heavy atom. The molecule has 22 heavy (non-hydrogen) atoms. The first-order chi connectivity index (χ1) is 10.7. The van der Waals surface area contributed by atoms with Crippen molar-refractivity contribution in [3.63, 3.8) is 0 Å². The number of esters is 1. The Balaban J connectivity index is 1.76. The molecule has 4 nitrogen and oxygen atoms in total. The molecule has 0 radical (unpaired) electrons. The average molecular weight is 301 g/mol. The maximum Gasteiger partial charge on any atom is 0.337 e. The van der Waals surface area contributed by atoms with E-state index in [9.17, 15) is 9.59 Å². The quantitative estimate of drug-likeness (QED) is 0.788. The molecule has 1 aromatic carbocycles. The van der Waals surface area contributed by atoms with Crippen LogP contribution >= 0.6 is 0 Å². The van der Waals surface area contributed by atoms with Gasteiger partial charge in [-0.2, -0.15) is 0 Å². The lowest BCUT2D eigenvalue weighted by Crippen LogP contribution is -2.49. The van der Waals surface area contributed by atoms with Crippen LogP contribution in [0.25, 0.3) is 0 Å². The number of ether oxygens (including phenoxy) is 1. The maximum absolute atomic E-state index is 12.8. The van der Waals surface area contributed by atoms with Crippen LogP contribution in [0.4, 0.5) is 0 Å². The number of hydrogen-bond donors (Lipinski definition) is 0. The fourth-order valence-corrected chi connectivity index (χ4v) is 3.91. The molecule has 1 saturated heterocycles. The maximum atomic E-state index is 12.8. The molecule has 1 aliphatic carbocycles. The van der Waals surface area contributed by atoms with Gasteiger partial charge in [0.25, 0.3) is 5.91 Å². The number of hydrogen-bond acceptors (Lipinski definition) is 3. The summed E-state index contributed by atoms with van der Waals surface area (Å²) >= 11 is 0. The summed E-state index contributed by atoms with van der Waals surface area (Å²) in [6.45, 7) is 0.860. The van der Waals surface area contributed by atoms with E-state index >= 15 is 0 Å². The highest BCUT2D eigenvalue weighted by molar-refractivity contribution is 5.96. The molecule has 4 heteroatoms. The largest absolute Gasteiger partial charge is 0.465 e. The lowest BCUT2D eigenvalue weighted by molar-refractivity contribution is 0.0390. The van der Waals surface area contributed by atoms with Crippen molar-refractivity contribution in [1.29, 1.82) is 0 Å². The van der Waals surface area contributed by atoms with Crippen LogP contribution in [0.3, 0.4) is 0 Å². The molecule has 0 unspecified atom stereocenters. The van der Waals surface area contributed by atoms with Gasteiger partial charge in [-0.3, -0.25) is 4.79 Å². The number of benzene rings is 1. The Hall–Kier alpha value is -1.84. The highest BCUT2D eigenvalue weighted by Crippen LogP contribution is 2.35. The molecule has 0 spiro atoms. The third-order valence-electron chi connectivity index (χ3n) is 5.06. The summed E-state index contributed by atoms with van der Waals surface area (Å²) in [5.74, 6) is 0.415. The first-order valence-corrected chi connectivity index (χ1v) is 8.20. The summed E-state index contributed by atoms with van der Waals surface area (Å²) in [6, 6.07) is 7.22. The van der Waals surface area contributed by atoms with Crippen LogP contribution in [0.5, 0.6) is 0 Å². The molecule has 1 amide bonds. The van der Waals surface area contributed by atoms with E-state index in [0.717, 1.165) is 19.4 Å². The Labute approximate surface area is 131 Å². The van der Waals surface area contributed by atoms with Crippen LogP contribution in [-0.4, -0.2) is 36.5 Å². The molecular formula is C18H23NO3. The Bertz CT molecular complexity index is 550. The van der Waals surface area contributed by atoms with Crippen LogP contribution < -0.4 is 0 Å². The van der Waals surface area contributed by atoms with E-state index in [1.54, 1.807) is 24.3 Å². The van der Waals surface area contributed by atoms with E-state index in [1.807, 2.05) is 0 Å². The number of rotatable bonds is 2. The number of amides is 1. The third kappa shape index (κ3) is 2.87. The smallest absolute Gasteiger partial charge is 0.337 e. The van der Waals surface area contributed by atoms with Crippen LogP contribution in [0.15, 0.2) is 24.3 Å². The molecule has 1 heterocycles. The molecule has 0 N–H and O–H groups in total. The van der Waals surface area contributed by atoms with Crippen molar-refractivity contribution in [3.8, 4) is 0 Å². The van der Waals surface area contributed by atoms with E-state index in [4.69, 9.17) is 0 Å². The van der Waals surface area contributed by atoms with Gasteiger partial charge in [0.1, 0.15) is 0 Å². The van der Waals surface area contributed by atoms with Gasteiger partial charge in [0, 0.05) is 18.2 Å². The van der Waals surface area contributed by atoms with Gasteiger partial charge < -0.3 is 9.64 Å². The number of fused-ring (bicyclic) bond motifs is 1. The fraction of sp³-hybridized carbons (Fsp3) is 0.556. The van der Waals surface area contributed by atoms with E-state index in [0.29, 0.717) is 23.1 Å². The summed E-state index contributed by atoms with van der Waals surface area (Å²) in [4.78, 5) is 26.4. The predicted molar refractivity (Wildman–Crippen MR) is 83.8 cm³/mol. The van der Waals surface area contributed by atoms with Crippen molar-refractivity contribution in [2.24, 2.45) is 5.92 Å². The number of carbonyl (C=O) groups excluding carboxylic acids is 2. The Morgan fingerprint density at radius 3 is 2.36 bits per heavy atom. The number of carbonyl (C=O) groups is 2. The molecule has 118 valence electrons. The normalized spacial score (nSPS) is 24.5. The first kappa shape index (κ1) is 15.1. The Morgan fingerprint density at radius 2 is 1.64 bits per heavy atom. The molecule has 0 aromatic heterocycles. The second-order valence-corrected chi connectivity index (χ2v) is 6.32. The molecule has 1 aromatic rings. The van der Waals surface area contributed by atoms with Gasteiger partial charge in [-0.05, 0) is 55.9 Å². The minimum atomic E-state index is -0.371. The summed E-state index contributed by atoms with van der Waals surface area (Å²) in [6.07, 6.45) is 7.29. The van der Waals surface area contributed by atoms with Crippen LogP contribution in [0, 0.1) is 5.92 Å².